The molecule has 2 atom stereocenters. The number of carbonyl (C=O) groups excluding carboxylic acids is 1. The van der Waals surface area contributed by atoms with Crippen molar-refractivity contribution in [3.63, 3.8) is 0 Å². The molecule has 3 heterocycles. The van der Waals surface area contributed by atoms with E-state index in [-0.39, 0.29) is 18.1 Å². The van der Waals surface area contributed by atoms with Crippen molar-refractivity contribution in [3.05, 3.63) is 66.4 Å². The van der Waals surface area contributed by atoms with E-state index in [2.05, 4.69) is 49.2 Å². The van der Waals surface area contributed by atoms with E-state index < -0.39 is 0 Å². The number of amidine groups is 1. The van der Waals surface area contributed by atoms with Crippen molar-refractivity contribution in [2.75, 3.05) is 68.6 Å². The van der Waals surface area contributed by atoms with Gasteiger partial charge in [0.15, 0.2) is 0 Å². The molecule has 4 N–H and O–H groups in total. The topological polar surface area (TPSA) is 139 Å². The van der Waals surface area contributed by atoms with Crippen LogP contribution < -0.4 is 30.7 Å². The maximum atomic E-state index is 13.0. The Morgan fingerprint density at radius 1 is 1.15 bits per heavy atom. The summed E-state index contributed by atoms with van der Waals surface area (Å²) in [5.41, 5.74) is 9.96. The van der Waals surface area contributed by atoms with Crippen molar-refractivity contribution < 1.29 is 19.0 Å². The molecule has 0 radical (unpaired) electrons. The second kappa shape index (κ2) is 15.5. The molecule has 0 spiro atoms. The number of carbonyl (C=O) groups is 1. The average molecular weight is 629 g/mol. The summed E-state index contributed by atoms with van der Waals surface area (Å²) in [6.07, 6.45) is 2.36. The number of amides is 1. The summed E-state index contributed by atoms with van der Waals surface area (Å²) in [6.45, 7) is 11.7. The largest absolute Gasteiger partial charge is 0.492 e. The zero-order valence-electron chi connectivity index (χ0n) is 27.0. The highest BCUT2D eigenvalue weighted by atomic mass is 16.5. The van der Waals surface area contributed by atoms with Gasteiger partial charge >= 0.3 is 0 Å². The SMILES string of the molecule is CCC(C)N=C(N)C(=NC)C1Nc2cnc(Oc3cccc(NC(=O)c4ccc(OCCN5CCOCC5)cc4)c3)cc2N1CC. The molecule has 12 heteroatoms. The van der Waals surface area contributed by atoms with Crippen molar-refractivity contribution in [2.45, 2.75) is 39.4 Å². The van der Waals surface area contributed by atoms with E-state index in [1.165, 1.54) is 0 Å². The van der Waals surface area contributed by atoms with Crippen LogP contribution in [0.15, 0.2) is 70.8 Å². The maximum absolute atomic E-state index is 13.0. The lowest BCUT2D eigenvalue weighted by Crippen LogP contribution is -2.48. The summed E-state index contributed by atoms with van der Waals surface area (Å²) >= 11 is 0. The lowest BCUT2D eigenvalue weighted by Gasteiger charge is -2.26. The van der Waals surface area contributed by atoms with Gasteiger partial charge in [-0.1, -0.05) is 13.0 Å². The standard InChI is InChI=1S/C34H44N8O4/c1-5-23(3)38-32(35)31(36-4)33-40-28-22-37-30(21-29(28)42(33)6-2)46-27-9-7-8-25(20-27)39-34(43)24-10-12-26(13-11-24)45-19-16-41-14-17-44-18-15-41/h7-13,20-23,33,40H,5-6,14-19H2,1-4H3,(H2,35,38)(H,39,43). The monoisotopic (exact) mass is 628 g/mol. The minimum Gasteiger partial charge on any atom is -0.492 e. The third kappa shape index (κ3) is 8.12. The number of fused-ring (bicyclic) bond motifs is 1. The van der Waals surface area contributed by atoms with Gasteiger partial charge in [0.05, 0.1) is 30.8 Å². The van der Waals surface area contributed by atoms with Gasteiger partial charge in [0.2, 0.25) is 5.88 Å². The van der Waals surface area contributed by atoms with E-state index in [9.17, 15) is 4.79 Å². The van der Waals surface area contributed by atoms with Crippen molar-refractivity contribution in [2.24, 2.45) is 15.7 Å². The zero-order valence-corrected chi connectivity index (χ0v) is 27.0. The minimum absolute atomic E-state index is 0.105. The Hall–Kier alpha value is -4.68. The van der Waals surface area contributed by atoms with E-state index >= 15 is 0 Å². The van der Waals surface area contributed by atoms with Crippen LogP contribution in [0, 0.1) is 0 Å². The number of rotatable bonds is 13. The molecule has 2 aliphatic heterocycles. The number of hydrogen-bond donors (Lipinski definition) is 3. The van der Waals surface area contributed by atoms with Gasteiger partial charge < -0.3 is 35.5 Å². The zero-order chi connectivity index (χ0) is 32.5. The van der Waals surface area contributed by atoms with E-state index in [0.29, 0.717) is 47.6 Å². The molecule has 2 unspecified atom stereocenters. The van der Waals surface area contributed by atoms with Crippen LogP contribution in [0.5, 0.6) is 17.4 Å². The number of nitrogens with two attached hydrogens (primary N) is 1. The third-order valence-corrected chi connectivity index (χ3v) is 8.03. The lowest BCUT2D eigenvalue weighted by molar-refractivity contribution is 0.0322. The Kier molecular flexibility index (Phi) is 11.1. The van der Waals surface area contributed by atoms with Gasteiger partial charge in [0, 0.05) is 62.7 Å². The number of nitrogens with one attached hydrogen (secondary N) is 2. The molecule has 1 aromatic heterocycles. The molecule has 1 amide bonds. The maximum Gasteiger partial charge on any atom is 0.255 e. The summed E-state index contributed by atoms with van der Waals surface area (Å²) in [5.74, 6) is 1.89. The molecule has 0 bridgehead atoms. The van der Waals surface area contributed by atoms with Crippen LogP contribution >= 0.6 is 0 Å². The fourth-order valence-electron chi connectivity index (χ4n) is 5.32. The smallest absolute Gasteiger partial charge is 0.255 e. The van der Waals surface area contributed by atoms with E-state index in [1.807, 2.05) is 43.3 Å². The molecular weight excluding hydrogens is 584 g/mol. The lowest BCUT2D eigenvalue weighted by atomic mass is 10.2. The molecule has 2 aromatic carbocycles. The van der Waals surface area contributed by atoms with Gasteiger partial charge in [0.1, 0.15) is 35.8 Å². The Labute approximate surface area is 270 Å². The second-order valence-corrected chi connectivity index (χ2v) is 11.2. The summed E-state index contributed by atoms with van der Waals surface area (Å²) in [4.78, 5) is 31.1. The Morgan fingerprint density at radius 2 is 1.93 bits per heavy atom. The van der Waals surface area contributed by atoms with Crippen LogP contribution in [0.1, 0.15) is 37.6 Å². The Bertz CT molecular complexity index is 1540. The molecule has 2 aliphatic rings. The van der Waals surface area contributed by atoms with Crippen molar-refractivity contribution in [1.29, 1.82) is 0 Å². The number of anilines is 3. The molecule has 0 saturated carbocycles. The number of pyridine rings is 1. The molecule has 12 nitrogen and oxygen atoms in total. The Morgan fingerprint density at radius 3 is 2.65 bits per heavy atom. The molecule has 5 rings (SSSR count). The van der Waals surface area contributed by atoms with Gasteiger partial charge in [-0.15, -0.1) is 0 Å². The predicted octanol–water partition coefficient (Wildman–Crippen LogP) is 4.64. The van der Waals surface area contributed by atoms with Gasteiger partial charge in [-0.3, -0.25) is 19.7 Å². The normalized spacial score (nSPS) is 17.7. The third-order valence-electron chi connectivity index (χ3n) is 8.03. The van der Waals surface area contributed by atoms with Crippen LogP contribution in [0.4, 0.5) is 17.1 Å². The molecule has 1 saturated heterocycles. The number of morpholine rings is 1. The highest BCUT2D eigenvalue weighted by Crippen LogP contribution is 2.37. The molecule has 1 fully saturated rings. The van der Waals surface area contributed by atoms with Crippen molar-refractivity contribution in [3.8, 4) is 17.4 Å². The van der Waals surface area contributed by atoms with E-state index in [4.69, 9.17) is 19.9 Å². The van der Waals surface area contributed by atoms with E-state index in [1.54, 1.807) is 31.4 Å². The van der Waals surface area contributed by atoms with Crippen LogP contribution in [-0.2, 0) is 4.74 Å². The predicted molar refractivity (Wildman–Crippen MR) is 183 cm³/mol. The first-order chi connectivity index (χ1) is 22.4. The molecule has 0 aliphatic carbocycles. The van der Waals surface area contributed by atoms with Gasteiger partial charge in [-0.2, -0.15) is 0 Å². The fourth-order valence-corrected chi connectivity index (χ4v) is 5.32. The first kappa shape index (κ1) is 32.7. The number of aliphatic imine (C=N–C) groups is 2. The van der Waals surface area contributed by atoms with Crippen molar-refractivity contribution >= 4 is 34.5 Å². The summed E-state index contributed by atoms with van der Waals surface area (Å²) in [5, 5.41) is 6.43. The fraction of sp³-hybridized carbons (Fsp3) is 0.412. The highest BCUT2D eigenvalue weighted by Gasteiger charge is 2.33. The molecule has 3 aromatic rings. The second-order valence-electron chi connectivity index (χ2n) is 11.2. The van der Waals surface area contributed by atoms with Crippen LogP contribution in [0.25, 0.3) is 0 Å². The Balaban J connectivity index is 1.19. The van der Waals surface area contributed by atoms with Crippen molar-refractivity contribution in [1.82, 2.24) is 9.88 Å². The van der Waals surface area contributed by atoms with Gasteiger partial charge in [-0.25, -0.2) is 4.98 Å². The van der Waals surface area contributed by atoms with Gasteiger partial charge in [0.25, 0.3) is 5.91 Å². The van der Waals surface area contributed by atoms with Crippen LogP contribution in [0.3, 0.4) is 0 Å². The highest BCUT2D eigenvalue weighted by molar-refractivity contribution is 6.44. The van der Waals surface area contributed by atoms with E-state index in [0.717, 1.165) is 56.4 Å². The summed E-state index contributed by atoms with van der Waals surface area (Å²) < 4.78 is 17.4. The van der Waals surface area contributed by atoms with Gasteiger partial charge in [-0.05, 0) is 56.7 Å². The number of hydrogen-bond acceptors (Lipinski definition) is 10. The average Bonchev–Trinajstić information content (AvgIpc) is 3.43. The minimum atomic E-state index is -0.274. The molecular formula is C34H44N8O4. The summed E-state index contributed by atoms with van der Waals surface area (Å²) in [6, 6.07) is 16.4. The first-order valence-corrected chi connectivity index (χ1v) is 15.8. The first-order valence-electron chi connectivity index (χ1n) is 15.8. The summed E-state index contributed by atoms with van der Waals surface area (Å²) in [7, 11) is 1.73. The number of aromatic nitrogens is 1. The number of benzene rings is 2. The molecule has 46 heavy (non-hydrogen) atoms. The number of ether oxygens (including phenoxy) is 3. The molecule has 244 valence electrons. The van der Waals surface area contributed by atoms with Crippen LogP contribution in [-0.4, -0.2) is 92.6 Å². The number of nitrogens with zero attached hydrogens (tertiary/aromatic N) is 5. The quantitative estimate of drug-likeness (QED) is 0.183. The van der Waals surface area contributed by atoms with Crippen LogP contribution in [0.2, 0.25) is 0 Å².